The first-order valence-electron chi connectivity index (χ1n) is 12.8. The van der Waals surface area contributed by atoms with Gasteiger partial charge in [0.15, 0.2) is 0 Å². The molecule has 1 radical (unpaired) electrons. The summed E-state index contributed by atoms with van der Waals surface area (Å²) in [5, 5.41) is 2.94. The lowest BCUT2D eigenvalue weighted by Gasteiger charge is -2.45. The van der Waals surface area contributed by atoms with Crippen molar-refractivity contribution in [2.45, 2.75) is 30.7 Å². The topological polar surface area (TPSA) is 0 Å². The van der Waals surface area contributed by atoms with E-state index in [1.54, 1.807) is 0 Å². The largest absolute Gasteiger partial charge is 0.127 e. The minimum absolute atomic E-state index is 0.0227. The highest BCUT2D eigenvalue weighted by atomic mass is 28.3. The quantitative estimate of drug-likeness (QED) is 0.159. The Kier molecular flexibility index (Phi) is 7.02. The molecule has 0 saturated heterocycles. The molecule has 5 aromatic carbocycles. The van der Waals surface area contributed by atoms with Crippen molar-refractivity contribution in [3.05, 3.63) is 168 Å². The molecular formula is C35H33Si. The second kappa shape index (κ2) is 10.5. The lowest BCUT2D eigenvalue weighted by Crippen LogP contribution is -2.52. The van der Waals surface area contributed by atoms with Crippen molar-refractivity contribution < 1.29 is 0 Å². The Morgan fingerprint density at radius 2 is 0.694 bits per heavy atom. The van der Waals surface area contributed by atoms with Gasteiger partial charge in [0, 0.05) is 5.41 Å². The van der Waals surface area contributed by atoms with E-state index in [9.17, 15) is 0 Å². The molecule has 0 spiro atoms. The van der Waals surface area contributed by atoms with Crippen LogP contribution in [0, 0.1) is 0 Å². The molecule has 0 amide bonds. The third-order valence-electron chi connectivity index (χ3n) is 7.31. The Bertz CT molecular complexity index is 1210. The van der Waals surface area contributed by atoms with E-state index < -0.39 is 8.80 Å². The molecule has 0 saturated carbocycles. The zero-order valence-electron chi connectivity index (χ0n) is 21.1. The summed E-state index contributed by atoms with van der Waals surface area (Å²) in [6.07, 6.45) is 0.996. The van der Waals surface area contributed by atoms with Crippen LogP contribution in [0.4, 0.5) is 0 Å². The first-order valence-corrected chi connectivity index (χ1v) is 14.3. The lowest BCUT2D eigenvalue weighted by molar-refractivity contribution is 0.464. The van der Waals surface area contributed by atoms with Crippen molar-refractivity contribution in [2.75, 3.05) is 0 Å². The zero-order chi connectivity index (χ0) is 24.8. The molecule has 0 atom stereocenters. The summed E-state index contributed by atoms with van der Waals surface area (Å²) in [5.74, 6) is 0. The highest BCUT2D eigenvalue weighted by Gasteiger charge is 2.45. The van der Waals surface area contributed by atoms with Gasteiger partial charge in [0.1, 0.15) is 8.80 Å². The molecule has 0 nitrogen and oxygen atoms in total. The SMILES string of the molecule is CC(C)(CC(c1ccccc1)(c1ccccc1)c1ccccc1)[Si](c1ccccc1)c1ccccc1. The summed E-state index contributed by atoms with van der Waals surface area (Å²) in [6.45, 7) is 4.98. The maximum atomic E-state index is 2.49. The molecule has 0 aliphatic carbocycles. The number of benzene rings is 5. The maximum Gasteiger partial charge on any atom is 0.127 e. The summed E-state index contributed by atoms with van der Waals surface area (Å²) in [5.41, 5.74) is 3.76. The smallest absolute Gasteiger partial charge is 0.0628 e. The third-order valence-corrected chi connectivity index (χ3v) is 10.7. The van der Waals surface area contributed by atoms with Crippen LogP contribution in [-0.2, 0) is 5.41 Å². The average Bonchev–Trinajstić information content (AvgIpc) is 2.94. The maximum absolute atomic E-state index is 2.49. The van der Waals surface area contributed by atoms with E-state index in [1.165, 1.54) is 27.1 Å². The minimum Gasteiger partial charge on any atom is -0.0628 e. The molecule has 0 heterocycles. The standard InChI is InChI=1S/C35H33Si/c1-34(2,36(32-24-14-6-15-25-32)33-26-16-7-17-27-33)28-35(29-18-8-3-9-19-29,30-20-10-4-11-21-30)31-22-12-5-13-23-31/h3-27H,28H2,1-2H3. The van der Waals surface area contributed by atoms with E-state index >= 15 is 0 Å². The Balaban J connectivity index is 1.75. The number of rotatable bonds is 8. The molecule has 0 aliphatic heterocycles. The normalized spacial score (nSPS) is 12.0. The Morgan fingerprint density at radius 3 is 1.00 bits per heavy atom. The predicted molar refractivity (Wildman–Crippen MR) is 156 cm³/mol. The molecule has 5 rings (SSSR count). The van der Waals surface area contributed by atoms with Gasteiger partial charge in [-0.15, -0.1) is 0 Å². The van der Waals surface area contributed by atoms with Crippen LogP contribution in [0.25, 0.3) is 0 Å². The molecule has 0 aromatic heterocycles. The second-order valence-electron chi connectivity index (χ2n) is 10.2. The van der Waals surface area contributed by atoms with Crippen molar-refractivity contribution in [2.24, 2.45) is 0 Å². The summed E-state index contributed by atoms with van der Waals surface area (Å²) in [4.78, 5) is 0. The average molecular weight is 482 g/mol. The van der Waals surface area contributed by atoms with Crippen LogP contribution < -0.4 is 10.4 Å². The Labute approximate surface area is 217 Å². The molecule has 0 aliphatic rings. The predicted octanol–water partition coefficient (Wildman–Crippen LogP) is 7.50. The van der Waals surface area contributed by atoms with Gasteiger partial charge in [0.05, 0.1) is 0 Å². The third kappa shape index (κ3) is 4.72. The minimum atomic E-state index is -1.13. The van der Waals surface area contributed by atoms with Crippen LogP contribution in [-0.4, -0.2) is 8.80 Å². The molecule has 177 valence electrons. The van der Waals surface area contributed by atoms with Gasteiger partial charge < -0.3 is 0 Å². The second-order valence-corrected chi connectivity index (χ2v) is 13.4. The van der Waals surface area contributed by atoms with Crippen LogP contribution in [0.2, 0.25) is 5.04 Å². The van der Waals surface area contributed by atoms with Gasteiger partial charge in [0.25, 0.3) is 0 Å². The fourth-order valence-electron chi connectivity index (χ4n) is 5.88. The fourth-order valence-corrected chi connectivity index (χ4v) is 9.27. The van der Waals surface area contributed by atoms with Gasteiger partial charge in [-0.2, -0.15) is 0 Å². The summed E-state index contributed by atoms with van der Waals surface area (Å²) < 4.78 is 0. The van der Waals surface area contributed by atoms with E-state index in [0.717, 1.165) is 6.42 Å². The monoisotopic (exact) mass is 481 g/mol. The highest BCUT2D eigenvalue weighted by molar-refractivity contribution is 6.87. The summed E-state index contributed by atoms with van der Waals surface area (Å²) >= 11 is 0. The van der Waals surface area contributed by atoms with Crippen molar-refractivity contribution in [1.82, 2.24) is 0 Å². The molecule has 0 unspecified atom stereocenters. The summed E-state index contributed by atoms with van der Waals surface area (Å²) in [6, 6.07) is 55.7. The van der Waals surface area contributed by atoms with Crippen LogP contribution in [0.1, 0.15) is 37.0 Å². The van der Waals surface area contributed by atoms with E-state index in [0.29, 0.717) is 0 Å². The lowest BCUT2D eigenvalue weighted by atomic mass is 9.65. The van der Waals surface area contributed by atoms with Crippen molar-refractivity contribution in [1.29, 1.82) is 0 Å². The number of hydrogen-bond acceptors (Lipinski definition) is 0. The van der Waals surface area contributed by atoms with E-state index in [-0.39, 0.29) is 10.5 Å². The van der Waals surface area contributed by atoms with Gasteiger partial charge in [-0.3, -0.25) is 0 Å². The Morgan fingerprint density at radius 1 is 0.417 bits per heavy atom. The molecule has 1 heteroatoms. The van der Waals surface area contributed by atoms with Crippen LogP contribution >= 0.6 is 0 Å². The molecule has 0 bridgehead atoms. The van der Waals surface area contributed by atoms with Gasteiger partial charge in [0.2, 0.25) is 0 Å². The molecular weight excluding hydrogens is 448 g/mol. The molecule has 5 aromatic rings. The summed E-state index contributed by atoms with van der Waals surface area (Å²) in [7, 11) is -1.13. The molecule has 0 N–H and O–H groups in total. The van der Waals surface area contributed by atoms with Gasteiger partial charge in [-0.25, -0.2) is 0 Å². The number of hydrogen-bond donors (Lipinski definition) is 0. The zero-order valence-corrected chi connectivity index (χ0v) is 22.1. The van der Waals surface area contributed by atoms with Crippen molar-refractivity contribution in [3.63, 3.8) is 0 Å². The van der Waals surface area contributed by atoms with Crippen LogP contribution in [0.3, 0.4) is 0 Å². The first-order chi connectivity index (χ1) is 17.6. The molecule has 0 fully saturated rings. The van der Waals surface area contributed by atoms with Crippen molar-refractivity contribution in [3.8, 4) is 0 Å². The Hall–Kier alpha value is -3.68. The van der Waals surface area contributed by atoms with E-state index in [2.05, 4.69) is 166 Å². The first kappa shape index (κ1) is 24.0. The highest BCUT2D eigenvalue weighted by Crippen LogP contribution is 2.50. The van der Waals surface area contributed by atoms with E-state index in [4.69, 9.17) is 0 Å². The fraction of sp³-hybridized carbons (Fsp3) is 0.143. The molecule has 36 heavy (non-hydrogen) atoms. The van der Waals surface area contributed by atoms with Gasteiger partial charge in [-0.1, -0.05) is 176 Å². The van der Waals surface area contributed by atoms with Crippen LogP contribution in [0.5, 0.6) is 0 Å². The van der Waals surface area contributed by atoms with Crippen molar-refractivity contribution >= 4 is 19.2 Å². The van der Waals surface area contributed by atoms with Gasteiger partial charge >= 0.3 is 0 Å². The van der Waals surface area contributed by atoms with Crippen LogP contribution in [0.15, 0.2) is 152 Å². The van der Waals surface area contributed by atoms with Gasteiger partial charge in [-0.05, 0) is 28.1 Å². The van der Waals surface area contributed by atoms with E-state index in [1.807, 2.05) is 0 Å².